The number of anilines is 1. The number of Topliss-reactive ketones (excluding diaryl/α,β-unsaturated/α-hetero) is 1. The quantitative estimate of drug-likeness (QED) is 0.462. The number of carbonyl (C=O) groups excluding carboxylic acids is 1. The zero-order chi connectivity index (χ0) is 25.4. The molecule has 2 aromatic carbocycles. The van der Waals surface area contributed by atoms with Gasteiger partial charge < -0.3 is 5.32 Å². The lowest BCUT2D eigenvalue weighted by Gasteiger charge is -2.13. The van der Waals surface area contributed by atoms with Crippen molar-refractivity contribution in [1.82, 2.24) is 4.98 Å². The molecule has 0 fully saturated rings. The molecular formula is C26H23F3N2O3S. The van der Waals surface area contributed by atoms with Gasteiger partial charge in [-0.25, -0.2) is 8.42 Å². The molecule has 1 N–H and O–H groups in total. The van der Waals surface area contributed by atoms with Crippen LogP contribution in [0.15, 0.2) is 65.2 Å². The molecule has 0 saturated heterocycles. The number of nitrogens with one attached hydrogen (secondary N) is 1. The minimum absolute atomic E-state index is 0.0185. The van der Waals surface area contributed by atoms with E-state index in [1.165, 1.54) is 13.0 Å². The molecule has 0 radical (unpaired) electrons. The summed E-state index contributed by atoms with van der Waals surface area (Å²) in [5.41, 5.74) is 4.47. The molecule has 182 valence electrons. The number of ketones is 1. The molecule has 9 heteroatoms. The SMILES string of the molecule is CC(=O)C1=Cc2cc(NCc3cc(CS(=O)(=O)c4cccc(C(F)(F)F)c4)ccc3C)cnc2C1. The normalized spacial score (nSPS) is 13.3. The van der Waals surface area contributed by atoms with E-state index >= 15 is 0 Å². The van der Waals surface area contributed by atoms with Crippen molar-refractivity contribution in [1.29, 1.82) is 0 Å². The van der Waals surface area contributed by atoms with E-state index in [4.69, 9.17) is 0 Å². The maximum absolute atomic E-state index is 13.0. The van der Waals surface area contributed by atoms with E-state index in [1.807, 2.05) is 19.1 Å². The van der Waals surface area contributed by atoms with Gasteiger partial charge in [0.1, 0.15) is 0 Å². The van der Waals surface area contributed by atoms with Crippen LogP contribution in [0, 0.1) is 6.92 Å². The van der Waals surface area contributed by atoms with Crippen molar-refractivity contribution < 1.29 is 26.4 Å². The number of hydrogen-bond acceptors (Lipinski definition) is 5. The van der Waals surface area contributed by atoms with E-state index in [0.717, 1.165) is 45.8 Å². The molecule has 0 bridgehead atoms. The Morgan fingerprint density at radius 1 is 1.11 bits per heavy atom. The average Bonchev–Trinajstić information content (AvgIpc) is 3.23. The second-order valence-corrected chi connectivity index (χ2v) is 10.6. The molecule has 0 saturated carbocycles. The fraction of sp³-hybridized carbons (Fsp3) is 0.231. The number of sulfone groups is 1. The van der Waals surface area contributed by atoms with Crippen LogP contribution in [0.1, 0.15) is 40.4 Å². The van der Waals surface area contributed by atoms with E-state index in [2.05, 4.69) is 10.3 Å². The van der Waals surface area contributed by atoms with Gasteiger partial charge in [-0.15, -0.1) is 0 Å². The highest BCUT2D eigenvalue weighted by atomic mass is 32.2. The number of aryl methyl sites for hydroxylation is 1. The Kier molecular flexibility index (Phi) is 6.55. The van der Waals surface area contributed by atoms with Crippen LogP contribution in [0.3, 0.4) is 0 Å². The van der Waals surface area contributed by atoms with Gasteiger partial charge in [-0.05, 0) is 66.4 Å². The van der Waals surface area contributed by atoms with Gasteiger partial charge in [0.15, 0.2) is 15.6 Å². The summed E-state index contributed by atoms with van der Waals surface area (Å²) >= 11 is 0. The van der Waals surface area contributed by atoms with Crippen molar-refractivity contribution in [2.24, 2.45) is 0 Å². The molecule has 0 unspecified atom stereocenters. The van der Waals surface area contributed by atoms with Crippen LogP contribution in [-0.2, 0) is 39.5 Å². The summed E-state index contributed by atoms with van der Waals surface area (Å²) in [6.45, 7) is 3.82. The fourth-order valence-corrected chi connectivity index (χ4v) is 5.27. The lowest BCUT2D eigenvalue weighted by molar-refractivity contribution is -0.137. The summed E-state index contributed by atoms with van der Waals surface area (Å²) < 4.78 is 64.7. The molecule has 1 aromatic heterocycles. The fourth-order valence-electron chi connectivity index (χ4n) is 3.90. The summed E-state index contributed by atoms with van der Waals surface area (Å²) in [5, 5.41) is 3.27. The van der Waals surface area contributed by atoms with Crippen LogP contribution in [0.2, 0.25) is 0 Å². The van der Waals surface area contributed by atoms with E-state index in [-0.39, 0.29) is 10.7 Å². The molecule has 1 aliphatic rings. The van der Waals surface area contributed by atoms with Gasteiger partial charge in [0, 0.05) is 18.5 Å². The summed E-state index contributed by atoms with van der Waals surface area (Å²) in [5.74, 6) is -0.398. The summed E-state index contributed by atoms with van der Waals surface area (Å²) in [6.07, 6.45) is -0.579. The molecule has 35 heavy (non-hydrogen) atoms. The largest absolute Gasteiger partial charge is 0.416 e. The van der Waals surface area contributed by atoms with Crippen molar-refractivity contribution in [2.75, 3.05) is 5.32 Å². The number of hydrogen-bond donors (Lipinski definition) is 1. The van der Waals surface area contributed by atoms with Gasteiger partial charge >= 0.3 is 6.18 Å². The van der Waals surface area contributed by atoms with Crippen molar-refractivity contribution in [3.63, 3.8) is 0 Å². The third-order valence-corrected chi connectivity index (χ3v) is 7.60. The van der Waals surface area contributed by atoms with E-state index in [1.54, 1.807) is 24.4 Å². The molecule has 4 rings (SSSR count). The summed E-state index contributed by atoms with van der Waals surface area (Å²) in [7, 11) is -3.98. The predicted octanol–water partition coefficient (Wildman–Crippen LogP) is 5.52. The predicted molar refractivity (Wildman–Crippen MR) is 127 cm³/mol. The Balaban J connectivity index is 1.50. The summed E-state index contributed by atoms with van der Waals surface area (Å²) in [4.78, 5) is 15.7. The van der Waals surface area contributed by atoms with Crippen molar-refractivity contribution in [2.45, 2.75) is 43.6 Å². The molecule has 0 atom stereocenters. The molecule has 0 aliphatic heterocycles. The topological polar surface area (TPSA) is 76.1 Å². The van der Waals surface area contributed by atoms with Gasteiger partial charge in [0.05, 0.1) is 33.8 Å². The van der Waals surface area contributed by atoms with E-state index in [0.29, 0.717) is 24.6 Å². The third kappa shape index (κ3) is 5.62. The van der Waals surface area contributed by atoms with Crippen LogP contribution in [-0.4, -0.2) is 19.2 Å². The molecule has 0 amide bonds. The zero-order valence-electron chi connectivity index (χ0n) is 19.1. The Labute approximate surface area is 201 Å². The third-order valence-electron chi connectivity index (χ3n) is 5.92. The minimum atomic E-state index is -4.62. The first-order chi connectivity index (χ1) is 16.4. The second kappa shape index (κ2) is 9.30. The molecular weight excluding hydrogens is 477 g/mol. The van der Waals surface area contributed by atoms with Gasteiger partial charge in [-0.3, -0.25) is 9.78 Å². The first kappa shape index (κ1) is 24.7. The number of pyridine rings is 1. The van der Waals surface area contributed by atoms with Gasteiger partial charge in [-0.1, -0.05) is 24.3 Å². The second-order valence-electron chi connectivity index (χ2n) is 8.56. The monoisotopic (exact) mass is 500 g/mol. The molecule has 5 nitrogen and oxygen atoms in total. The first-order valence-corrected chi connectivity index (χ1v) is 12.5. The van der Waals surface area contributed by atoms with Gasteiger partial charge in [0.2, 0.25) is 0 Å². The Morgan fingerprint density at radius 3 is 2.60 bits per heavy atom. The highest BCUT2D eigenvalue weighted by molar-refractivity contribution is 7.90. The van der Waals surface area contributed by atoms with Crippen LogP contribution in [0.5, 0.6) is 0 Å². The van der Waals surface area contributed by atoms with Crippen molar-refractivity contribution in [3.8, 4) is 0 Å². The maximum atomic E-state index is 13.0. The maximum Gasteiger partial charge on any atom is 0.416 e. The van der Waals surface area contributed by atoms with Gasteiger partial charge in [-0.2, -0.15) is 13.2 Å². The number of rotatable bonds is 7. The highest BCUT2D eigenvalue weighted by Crippen LogP contribution is 2.31. The Bertz CT molecular complexity index is 1440. The standard InChI is InChI=1S/C26H23F3N2O3S/c1-16-6-7-18(15-35(33,34)24-5-3-4-22(12-24)26(27,28)29)8-21(16)13-30-23-10-20-9-19(17(2)32)11-25(20)31-14-23/h3-10,12,14,30H,11,13,15H2,1-2H3. The smallest absolute Gasteiger partial charge is 0.380 e. The van der Waals surface area contributed by atoms with Crippen LogP contribution >= 0.6 is 0 Å². The number of benzene rings is 2. The summed E-state index contributed by atoms with van der Waals surface area (Å²) in [6, 6.07) is 10.9. The van der Waals surface area contributed by atoms with E-state index < -0.39 is 27.3 Å². The number of halogens is 3. The minimum Gasteiger partial charge on any atom is -0.380 e. The highest BCUT2D eigenvalue weighted by Gasteiger charge is 2.31. The van der Waals surface area contributed by atoms with Crippen LogP contribution in [0.25, 0.3) is 6.08 Å². The number of carbonyl (C=O) groups is 1. The Hall–Kier alpha value is -3.46. The van der Waals surface area contributed by atoms with Crippen molar-refractivity contribution in [3.05, 3.63) is 93.8 Å². The van der Waals surface area contributed by atoms with Crippen LogP contribution < -0.4 is 5.32 Å². The average molecular weight is 501 g/mol. The van der Waals surface area contributed by atoms with E-state index in [9.17, 15) is 26.4 Å². The number of nitrogens with zero attached hydrogens (tertiary/aromatic N) is 1. The first-order valence-electron chi connectivity index (χ1n) is 10.8. The molecule has 1 aliphatic carbocycles. The lowest BCUT2D eigenvalue weighted by Crippen LogP contribution is -2.10. The van der Waals surface area contributed by atoms with Crippen molar-refractivity contribution >= 4 is 27.4 Å². The number of alkyl halides is 3. The van der Waals surface area contributed by atoms with Crippen LogP contribution in [0.4, 0.5) is 18.9 Å². The Morgan fingerprint density at radius 2 is 1.89 bits per heavy atom. The zero-order valence-corrected chi connectivity index (χ0v) is 19.9. The molecule has 1 heterocycles. The molecule has 0 spiro atoms. The number of allylic oxidation sites excluding steroid dienone is 1. The lowest BCUT2D eigenvalue weighted by atomic mass is 10.1. The number of fused-ring (bicyclic) bond motifs is 1. The van der Waals surface area contributed by atoms with Gasteiger partial charge in [0.25, 0.3) is 0 Å². The molecule has 3 aromatic rings. The number of aromatic nitrogens is 1.